The number of imidazole rings is 1. The topological polar surface area (TPSA) is 276 Å². The average molecular weight is 748 g/mol. The summed E-state index contributed by atoms with van der Waals surface area (Å²) in [5, 5.41) is 32.4. The molecule has 2 fully saturated rings. The lowest BCUT2D eigenvalue weighted by molar-refractivity contribution is -0.273. The number of esters is 1. The lowest BCUT2D eigenvalue weighted by Crippen LogP contribution is -2.49. The molecule has 6 N–H and O–H groups in total. The quantitative estimate of drug-likeness (QED) is 0.0689. The lowest BCUT2D eigenvalue weighted by atomic mass is 10.0. The van der Waals surface area contributed by atoms with Crippen LogP contribution in [0.4, 0.5) is 5.82 Å². The number of aromatic amines is 1. The zero-order chi connectivity index (χ0) is 37.2. The van der Waals surface area contributed by atoms with Gasteiger partial charge in [-0.2, -0.15) is 0 Å². The van der Waals surface area contributed by atoms with Gasteiger partial charge in [-0.3, -0.25) is 13.9 Å². The summed E-state index contributed by atoms with van der Waals surface area (Å²) < 4.78 is 46.0. The number of nitrogens with two attached hydrogens (primary N) is 1. The van der Waals surface area contributed by atoms with E-state index in [1.54, 1.807) is 20.0 Å². The summed E-state index contributed by atoms with van der Waals surface area (Å²) in [7, 11) is -5.15. The number of carbonyl (C=O) groups excluding carboxylic acids is 2. The van der Waals surface area contributed by atoms with Crippen LogP contribution in [0.15, 0.2) is 43.1 Å². The Morgan fingerprint density at radius 2 is 1.94 bits per heavy atom. The highest BCUT2D eigenvalue weighted by atomic mass is 31.2. The van der Waals surface area contributed by atoms with Gasteiger partial charge in [0.05, 0.1) is 30.7 Å². The fourth-order valence-corrected chi connectivity index (χ4v) is 6.87. The third-order valence-corrected chi connectivity index (χ3v) is 9.84. The van der Waals surface area contributed by atoms with E-state index < -0.39 is 81.6 Å². The molecule has 0 amide bonds. The molecule has 3 aromatic heterocycles. The number of phosphoric acid groups is 1. The van der Waals surface area contributed by atoms with Crippen molar-refractivity contribution in [1.82, 2.24) is 24.5 Å². The molecule has 2 aliphatic rings. The van der Waals surface area contributed by atoms with Crippen molar-refractivity contribution >= 4 is 47.6 Å². The second-order valence-corrected chi connectivity index (χ2v) is 14.1. The summed E-state index contributed by atoms with van der Waals surface area (Å²) in [6.07, 6.45) is -4.18. The normalized spacial score (nSPS) is 28.1. The lowest BCUT2D eigenvalue weighted by Gasteiger charge is -2.38. The molecule has 20 heteroatoms. The van der Waals surface area contributed by atoms with E-state index in [1.807, 2.05) is 24.3 Å². The first-order chi connectivity index (χ1) is 24.8. The predicted molar refractivity (Wildman–Crippen MR) is 177 cm³/mol. The van der Waals surface area contributed by atoms with Crippen LogP contribution in [0.1, 0.15) is 62.5 Å². The number of nitrogens with one attached hydrogen (secondary N) is 1. The molecule has 0 saturated carbocycles. The molecule has 10 atom stereocenters. The van der Waals surface area contributed by atoms with Crippen LogP contribution < -0.4 is 10.6 Å². The van der Waals surface area contributed by atoms with E-state index in [2.05, 4.69) is 24.5 Å². The third-order valence-electron chi connectivity index (χ3n) is 8.94. The van der Waals surface area contributed by atoms with Crippen molar-refractivity contribution in [3.05, 3.63) is 48.7 Å². The molecule has 0 bridgehead atoms. The number of aliphatic hydroxyl groups excluding tert-OH is 3. The Hall–Kier alpha value is -4.04. The molecule has 6 rings (SSSR count). The van der Waals surface area contributed by atoms with E-state index in [4.69, 9.17) is 29.2 Å². The Morgan fingerprint density at radius 1 is 1.15 bits per heavy atom. The third kappa shape index (κ3) is 8.43. The molecule has 5 heterocycles. The van der Waals surface area contributed by atoms with Crippen LogP contribution in [0, 0.1) is 0 Å². The number of H-pyrrole nitrogens is 1. The maximum atomic E-state index is 12.9. The summed E-state index contributed by atoms with van der Waals surface area (Å²) in [4.78, 5) is 52.5. The fourth-order valence-electron chi connectivity index (χ4n) is 6.15. The Balaban J connectivity index is 0.884. The maximum absolute atomic E-state index is 12.9. The summed E-state index contributed by atoms with van der Waals surface area (Å²) >= 11 is 0. The van der Waals surface area contributed by atoms with Crippen molar-refractivity contribution in [1.29, 1.82) is 0 Å². The molecule has 1 unspecified atom stereocenters. The van der Waals surface area contributed by atoms with Gasteiger partial charge in [0, 0.05) is 29.9 Å². The highest BCUT2D eigenvalue weighted by Crippen LogP contribution is 2.41. The van der Waals surface area contributed by atoms with Crippen LogP contribution in [0.5, 0.6) is 0 Å². The number of carbonyl (C=O) groups is 2. The van der Waals surface area contributed by atoms with Gasteiger partial charge in [0.15, 0.2) is 24.0 Å². The zero-order valence-electron chi connectivity index (χ0n) is 28.2. The number of aliphatic hydroxyl groups is 3. The number of nitrogens with zero attached hydrogens (tertiary/aromatic N) is 4. The van der Waals surface area contributed by atoms with Crippen molar-refractivity contribution < 1.29 is 62.4 Å². The molecule has 2 aliphatic heterocycles. The number of anilines is 1. The number of ether oxygens (including phenoxy) is 4. The number of hydrogen-bond acceptors (Lipinski definition) is 17. The van der Waals surface area contributed by atoms with Crippen molar-refractivity contribution in [2.45, 2.75) is 101 Å². The number of rotatable bonds is 14. The summed E-state index contributed by atoms with van der Waals surface area (Å²) in [6, 6.07) is 7.34. The Bertz CT molecular complexity index is 1920. The fraction of sp³-hybridized carbons (Fsp3) is 0.531. The van der Waals surface area contributed by atoms with Gasteiger partial charge in [0.1, 0.15) is 42.4 Å². The predicted octanol–water partition coefficient (Wildman–Crippen LogP) is 1.22. The number of unbranched alkanes of at least 4 members (excludes halogenated alkanes) is 1. The van der Waals surface area contributed by atoms with Crippen LogP contribution in [0.25, 0.3) is 22.1 Å². The highest BCUT2D eigenvalue weighted by molar-refractivity contribution is 7.46. The van der Waals surface area contributed by atoms with E-state index in [-0.39, 0.29) is 36.2 Å². The van der Waals surface area contributed by atoms with Gasteiger partial charge < -0.3 is 58.9 Å². The van der Waals surface area contributed by atoms with Gasteiger partial charge in [0.25, 0.3) is 0 Å². The molecule has 19 nitrogen and oxygen atoms in total. The minimum atomic E-state index is -5.15. The molecule has 282 valence electrons. The number of phosphoric ester groups is 1. The van der Waals surface area contributed by atoms with Crippen molar-refractivity contribution in [2.24, 2.45) is 0 Å². The molecule has 2 saturated heterocycles. The van der Waals surface area contributed by atoms with E-state index in [9.17, 15) is 34.4 Å². The number of benzene rings is 1. The maximum Gasteiger partial charge on any atom is 0.340 e. The zero-order valence-corrected chi connectivity index (χ0v) is 29.1. The first kappa shape index (κ1) is 37.7. The minimum absolute atomic E-state index is 0.0935. The van der Waals surface area contributed by atoms with Crippen molar-refractivity contribution in [3.63, 3.8) is 0 Å². The van der Waals surface area contributed by atoms with E-state index in [0.717, 1.165) is 10.9 Å². The van der Waals surface area contributed by atoms with E-state index >= 15 is 0 Å². The average Bonchev–Trinajstić information content (AvgIpc) is 3.80. The monoisotopic (exact) mass is 747 g/mol. The van der Waals surface area contributed by atoms with Gasteiger partial charge in [0.2, 0.25) is 0 Å². The van der Waals surface area contributed by atoms with Crippen LogP contribution in [-0.4, -0.2) is 107 Å². The minimum Gasteiger partial charge on any atom is -0.746 e. The van der Waals surface area contributed by atoms with E-state index in [1.165, 1.54) is 17.2 Å². The van der Waals surface area contributed by atoms with Crippen molar-refractivity contribution in [2.75, 3.05) is 12.3 Å². The molecule has 0 spiro atoms. The smallest absolute Gasteiger partial charge is 0.340 e. The number of hydrogen-bond donors (Lipinski definition) is 5. The van der Waals surface area contributed by atoms with E-state index in [0.29, 0.717) is 18.4 Å². The van der Waals surface area contributed by atoms with Gasteiger partial charge in [-0.1, -0.05) is 24.6 Å². The summed E-state index contributed by atoms with van der Waals surface area (Å²) in [5.74, 6) is -1.49. The molecule has 52 heavy (non-hydrogen) atoms. The Labute approximate surface area is 296 Å². The Morgan fingerprint density at radius 3 is 2.75 bits per heavy atom. The first-order valence-corrected chi connectivity index (χ1v) is 18.2. The van der Waals surface area contributed by atoms with Gasteiger partial charge in [-0.05, 0) is 32.8 Å². The SMILES string of the molecule is C[C@H](CCCCC(=O)OP(=O)([O-])OC[C@H]1O[C@@H](n2cnc3c(N)ncnc32)[C@H](O)[C@@H]1O)O[C@@H]1O[C@@H](C)[C@H](OC(=O)c2c[nH]c3ccccc23)C[C@H]1O. The van der Waals surface area contributed by atoms with Gasteiger partial charge >= 0.3 is 19.8 Å². The summed E-state index contributed by atoms with van der Waals surface area (Å²) in [5.41, 5.74) is 7.44. The van der Waals surface area contributed by atoms with Crippen LogP contribution in [0.3, 0.4) is 0 Å². The molecule has 4 aromatic rings. The number of fused-ring (bicyclic) bond motifs is 2. The molecular weight excluding hydrogens is 707 g/mol. The van der Waals surface area contributed by atoms with Crippen LogP contribution in [-0.2, 0) is 37.4 Å². The number of aromatic nitrogens is 5. The van der Waals surface area contributed by atoms with Gasteiger partial charge in [-0.15, -0.1) is 0 Å². The molecule has 1 aromatic carbocycles. The Kier molecular flexibility index (Phi) is 11.5. The second-order valence-electron chi connectivity index (χ2n) is 12.7. The van der Waals surface area contributed by atoms with Gasteiger partial charge in [-0.25, -0.2) is 19.7 Å². The highest BCUT2D eigenvalue weighted by Gasteiger charge is 2.45. The van der Waals surface area contributed by atoms with Crippen molar-refractivity contribution in [3.8, 4) is 0 Å². The number of para-hydroxylation sites is 1. The summed E-state index contributed by atoms with van der Waals surface area (Å²) in [6.45, 7) is 2.74. The standard InChI is InChI=1S/C32H41N6O13P/c1-16(47-32-21(39)11-22(17(2)48-32)50-31(43)19-12-34-20-9-5-4-8-18(19)20)7-3-6-10-24(40)51-52(44,45)46-13-23-26(41)27(42)30(49-23)38-15-37-25-28(33)35-14-36-29(25)38/h4-5,8-9,12,14-17,21-23,26-27,30,32,34,39,41-42H,3,6-7,10-11,13H2,1-2H3,(H,44,45)(H2,33,35,36)/p-1/t16-,17+,21-,22-,23-,26-,27-,30-,32-/m1/s1. The largest absolute Gasteiger partial charge is 0.746 e. The molecule has 0 aliphatic carbocycles. The van der Waals surface area contributed by atoms with Crippen LogP contribution >= 0.6 is 7.82 Å². The molecular formula is C32H40N6O13P-. The van der Waals surface area contributed by atoms with Crippen LogP contribution in [0.2, 0.25) is 0 Å². The molecule has 0 radical (unpaired) electrons. The number of nitrogen functional groups attached to an aromatic ring is 1. The second kappa shape index (κ2) is 15.9. The first-order valence-electron chi connectivity index (χ1n) is 16.7.